The van der Waals surface area contributed by atoms with Crippen molar-refractivity contribution in [2.45, 2.75) is 31.7 Å². The van der Waals surface area contributed by atoms with Crippen molar-refractivity contribution in [3.05, 3.63) is 29.8 Å². The van der Waals surface area contributed by atoms with Crippen LogP contribution in [-0.2, 0) is 4.79 Å². The average molecular weight is 261 g/mol. The summed E-state index contributed by atoms with van der Waals surface area (Å²) in [4.78, 5) is 23.2. The summed E-state index contributed by atoms with van der Waals surface area (Å²) in [6.07, 6.45) is 2.99. The molecule has 1 saturated heterocycles. The van der Waals surface area contributed by atoms with Crippen LogP contribution >= 0.6 is 0 Å². The molecule has 5 nitrogen and oxygen atoms in total. The van der Waals surface area contributed by atoms with Gasteiger partial charge in [0.2, 0.25) is 11.8 Å². The second kappa shape index (κ2) is 5.40. The molecule has 1 heterocycles. The van der Waals surface area contributed by atoms with Gasteiger partial charge in [-0.1, -0.05) is 0 Å². The molecule has 5 heteroatoms. The van der Waals surface area contributed by atoms with E-state index < -0.39 is 11.4 Å². The lowest BCUT2D eigenvalue weighted by Crippen LogP contribution is -2.54. The minimum Gasteiger partial charge on any atom is -0.366 e. The maximum atomic E-state index is 12.2. The number of carbonyl (C=O) groups excluding carboxylic acids is 2. The lowest BCUT2D eigenvalue weighted by atomic mass is 9.90. The van der Waals surface area contributed by atoms with Crippen molar-refractivity contribution in [1.29, 1.82) is 0 Å². The second-order valence-electron chi connectivity index (χ2n) is 5.11. The lowest BCUT2D eigenvalue weighted by molar-refractivity contribution is -0.122. The normalized spacial score (nSPS) is 22.8. The number of piperidine rings is 1. The van der Waals surface area contributed by atoms with Gasteiger partial charge in [-0.3, -0.25) is 9.59 Å². The highest BCUT2D eigenvalue weighted by Crippen LogP contribution is 2.21. The van der Waals surface area contributed by atoms with Gasteiger partial charge in [0.1, 0.15) is 0 Å². The third-order valence-electron chi connectivity index (χ3n) is 3.55. The third-order valence-corrected chi connectivity index (χ3v) is 3.55. The Morgan fingerprint density at radius 1 is 1.26 bits per heavy atom. The van der Waals surface area contributed by atoms with Crippen molar-refractivity contribution < 1.29 is 9.59 Å². The highest BCUT2D eigenvalue weighted by molar-refractivity contribution is 5.98. The molecule has 0 aliphatic carbocycles. The summed E-state index contributed by atoms with van der Waals surface area (Å²) in [6, 6.07) is 6.58. The Bertz CT molecular complexity index is 476. The predicted molar refractivity (Wildman–Crippen MR) is 73.8 cm³/mol. The Morgan fingerprint density at radius 3 is 2.47 bits per heavy atom. The fourth-order valence-electron chi connectivity index (χ4n) is 2.24. The molecule has 1 atom stereocenters. The molecule has 4 N–H and O–H groups in total. The van der Waals surface area contributed by atoms with Crippen LogP contribution in [0.25, 0.3) is 0 Å². The molecular weight excluding hydrogens is 242 g/mol. The van der Waals surface area contributed by atoms with Gasteiger partial charge in [0, 0.05) is 11.3 Å². The molecule has 0 bridgehead atoms. The molecule has 2 amide bonds. The molecule has 1 aliphatic rings. The number of benzene rings is 1. The van der Waals surface area contributed by atoms with E-state index in [2.05, 4.69) is 10.6 Å². The monoisotopic (exact) mass is 261 g/mol. The van der Waals surface area contributed by atoms with Crippen LogP contribution in [0.1, 0.15) is 36.5 Å². The van der Waals surface area contributed by atoms with E-state index in [0.717, 1.165) is 25.8 Å². The Morgan fingerprint density at radius 2 is 1.95 bits per heavy atom. The quantitative estimate of drug-likeness (QED) is 0.765. The summed E-state index contributed by atoms with van der Waals surface area (Å²) in [5, 5.41) is 6.12. The van der Waals surface area contributed by atoms with Crippen LogP contribution in [0.5, 0.6) is 0 Å². The van der Waals surface area contributed by atoms with Crippen LogP contribution in [0.3, 0.4) is 0 Å². The van der Waals surface area contributed by atoms with Crippen LogP contribution in [-0.4, -0.2) is 23.9 Å². The van der Waals surface area contributed by atoms with Crippen LogP contribution < -0.4 is 16.4 Å². The molecule has 2 rings (SSSR count). The number of hydrogen-bond donors (Lipinski definition) is 3. The summed E-state index contributed by atoms with van der Waals surface area (Å²) in [6.45, 7) is 2.78. The fraction of sp³-hybridized carbons (Fsp3) is 0.429. The largest absolute Gasteiger partial charge is 0.366 e. The number of rotatable bonds is 3. The summed E-state index contributed by atoms with van der Waals surface area (Å²) in [5.74, 6) is -0.516. The van der Waals surface area contributed by atoms with E-state index in [1.807, 2.05) is 6.92 Å². The third kappa shape index (κ3) is 3.12. The van der Waals surface area contributed by atoms with E-state index in [1.165, 1.54) is 0 Å². The first kappa shape index (κ1) is 13.5. The van der Waals surface area contributed by atoms with Crippen LogP contribution in [0.4, 0.5) is 5.69 Å². The zero-order chi connectivity index (χ0) is 13.9. The van der Waals surface area contributed by atoms with Gasteiger partial charge < -0.3 is 16.4 Å². The standard InChI is InChI=1S/C14H19N3O2/c1-14(8-2-3-9-16-14)13(19)17-11-6-4-10(5-7-11)12(15)18/h4-7,16H,2-3,8-9H2,1H3,(H2,15,18)(H,17,19). The van der Waals surface area contributed by atoms with Crippen molar-refractivity contribution >= 4 is 17.5 Å². The zero-order valence-corrected chi connectivity index (χ0v) is 11.0. The van der Waals surface area contributed by atoms with Gasteiger partial charge in [0.15, 0.2) is 0 Å². The molecule has 0 spiro atoms. The first-order valence-electron chi connectivity index (χ1n) is 6.48. The van der Waals surface area contributed by atoms with Crippen molar-refractivity contribution in [3.63, 3.8) is 0 Å². The van der Waals surface area contributed by atoms with Gasteiger partial charge in [0.05, 0.1) is 5.54 Å². The molecule has 0 saturated carbocycles. The van der Waals surface area contributed by atoms with E-state index in [9.17, 15) is 9.59 Å². The number of amides is 2. The first-order chi connectivity index (χ1) is 9.01. The van der Waals surface area contributed by atoms with Crippen LogP contribution in [0, 0.1) is 0 Å². The van der Waals surface area contributed by atoms with Crippen molar-refractivity contribution in [2.24, 2.45) is 5.73 Å². The molecule has 0 aromatic heterocycles. The number of hydrogen-bond acceptors (Lipinski definition) is 3. The van der Waals surface area contributed by atoms with Crippen LogP contribution in [0.15, 0.2) is 24.3 Å². The van der Waals surface area contributed by atoms with Gasteiger partial charge in [-0.15, -0.1) is 0 Å². The highest BCUT2D eigenvalue weighted by Gasteiger charge is 2.34. The number of primary amides is 1. The first-order valence-corrected chi connectivity index (χ1v) is 6.48. The number of anilines is 1. The Balaban J connectivity index is 2.04. The van der Waals surface area contributed by atoms with Crippen molar-refractivity contribution in [1.82, 2.24) is 5.32 Å². The van der Waals surface area contributed by atoms with E-state index >= 15 is 0 Å². The molecule has 1 fully saturated rings. The predicted octanol–water partition coefficient (Wildman–Crippen LogP) is 1.26. The van der Waals surface area contributed by atoms with Gasteiger partial charge in [-0.25, -0.2) is 0 Å². The summed E-state index contributed by atoms with van der Waals surface area (Å²) < 4.78 is 0. The number of nitrogens with two attached hydrogens (primary N) is 1. The smallest absolute Gasteiger partial charge is 0.248 e. The molecule has 1 unspecified atom stereocenters. The van der Waals surface area contributed by atoms with E-state index in [1.54, 1.807) is 24.3 Å². The zero-order valence-electron chi connectivity index (χ0n) is 11.0. The van der Waals surface area contributed by atoms with Gasteiger partial charge in [-0.2, -0.15) is 0 Å². The lowest BCUT2D eigenvalue weighted by Gasteiger charge is -2.33. The minimum absolute atomic E-state index is 0.0426. The average Bonchev–Trinajstić information content (AvgIpc) is 2.40. The Hall–Kier alpha value is -1.88. The van der Waals surface area contributed by atoms with E-state index in [4.69, 9.17) is 5.73 Å². The maximum absolute atomic E-state index is 12.2. The molecule has 1 aromatic carbocycles. The van der Waals surface area contributed by atoms with Gasteiger partial charge >= 0.3 is 0 Å². The summed E-state index contributed by atoms with van der Waals surface area (Å²) >= 11 is 0. The topological polar surface area (TPSA) is 84.2 Å². The van der Waals surface area contributed by atoms with E-state index in [0.29, 0.717) is 11.3 Å². The minimum atomic E-state index is -0.513. The number of nitrogens with one attached hydrogen (secondary N) is 2. The molecule has 1 aliphatic heterocycles. The molecular formula is C14H19N3O2. The molecule has 1 aromatic rings. The number of carbonyl (C=O) groups is 2. The van der Waals surface area contributed by atoms with Crippen molar-refractivity contribution in [2.75, 3.05) is 11.9 Å². The molecule has 102 valence electrons. The molecule has 0 radical (unpaired) electrons. The Kier molecular flexibility index (Phi) is 3.85. The Labute approximate surface area is 112 Å². The van der Waals surface area contributed by atoms with Crippen LogP contribution in [0.2, 0.25) is 0 Å². The molecule has 19 heavy (non-hydrogen) atoms. The van der Waals surface area contributed by atoms with Gasteiger partial charge in [-0.05, 0) is 57.0 Å². The summed E-state index contributed by atoms with van der Waals surface area (Å²) in [5.41, 5.74) is 5.75. The van der Waals surface area contributed by atoms with E-state index in [-0.39, 0.29) is 5.91 Å². The second-order valence-corrected chi connectivity index (χ2v) is 5.11. The van der Waals surface area contributed by atoms with Crippen molar-refractivity contribution in [3.8, 4) is 0 Å². The maximum Gasteiger partial charge on any atom is 0.248 e. The fourth-order valence-corrected chi connectivity index (χ4v) is 2.24. The summed E-state index contributed by atoms with van der Waals surface area (Å²) in [7, 11) is 0. The van der Waals surface area contributed by atoms with Gasteiger partial charge in [0.25, 0.3) is 0 Å². The SMILES string of the molecule is CC1(C(=O)Nc2ccc(C(N)=O)cc2)CCCCN1. The highest BCUT2D eigenvalue weighted by atomic mass is 16.2.